The number of piperidine rings is 1. The van der Waals surface area contributed by atoms with Gasteiger partial charge in [0.2, 0.25) is 0 Å². The monoisotopic (exact) mass is 355 g/mol. The highest BCUT2D eigenvalue weighted by Gasteiger charge is 2.41. The summed E-state index contributed by atoms with van der Waals surface area (Å²) in [7, 11) is 2.28. The smallest absolute Gasteiger partial charge is 0.410 e. The summed E-state index contributed by atoms with van der Waals surface area (Å²) in [6.45, 7) is 12.7. The zero-order valence-corrected chi connectivity index (χ0v) is 16.5. The maximum atomic E-state index is 12.4. The minimum Gasteiger partial charge on any atom is -0.466 e. The van der Waals surface area contributed by atoms with Crippen molar-refractivity contribution in [2.75, 3.05) is 46.4 Å². The van der Waals surface area contributed by atoms with Crippen molar-refractivity contribution < 1.29 is 23.5 Å². The number of likely N-dealkylation sites (tertiary alicyclic amines) is 2. The molecular weight excluding hydrogens is 320 g/mol. The van der Waals surface area contributed by atoms with Crippen molar-refractivity contribution in [2.45, 2.75) is 52.6 Å². The molecule has 2 fully saturated rings. The van der Waals surface area contributed by atoms with Gasteiger partial charge in [-0.1, -0.05) is 0 Å². The highest BCUT2D eigenvalue weighted by Crippen LogP contribution is 2.32. The van der Waals surface area contributed by atoms with Crippen LogP contribution in [-0.4, -0.2) is 73.4 Å². The Morgan fingerprint density at radius 1 is 1.20 bits per heavy atom. The lowest BCUT2D eigenvalue weighted by Crippen LogP contribution is -2.60. The molecule has 2 heterocycles. The second-order valence-electron chi connectivity index (χ2n) is 8.85. The molecule has 0 bridgehead atoms. The molecule has 0 aromatic carbocycles. The molecule has 2 unspecified atom stereocenters. The molecule has 0 saturated carbocycles. The second-order valence-corrected chi connectivity index (χ2v) is 8.85. The van der Waals surface area contributed by atoms with Gasteiger partial charge in [-0.15, -0.1) is 0 Å². The topological polar surface area (TPSA) is 55.8 Å². The third-order valence-electron chi connectivity index (χ3n) is 5.35. The maximum Gasteiger partial charge on any atom is 0.410 e. The molecule has 6 heteroatoms. The van der Waals surface area contributed by atoms with Gasteiger partial charge < -0.3 is 18.9 Å². The van der Waals surface area contributed by atoms with E-state index in [1.165, 1.54) is 19.5 Å². The third kappa shape index (κ3) is 5.87. The number of amides is 1. The molecule has 6 nitrogen and oxygen atoms in total. The van der Waals surface area contributed by atoms with E-state index < -0.39 is 5.60 Å². The number of carbonyl (C=O) groups is 2. The summed E-state index contributed by atoms with van der Waals surface area (Å²) < 4.78 is 11.7. The van der Waals surface area contributed by atoms with Crippen molar-refractivity contribution in [3.8, 4) is 0 Å². The number of quaternary nitrogens is 1. The predicted molar refractivity (Wildman–Crippen MR) is 96.1 cm³/mol. The number of hydrogen-bond acceptors (Lipinski definition) is 4. The number of esters is 1. The SMILES string of the molecule is CCOC(=O)CC1CCN(C(=O)OC(C)(C)C)CC1C[N+]1(C)CCC1. The third-order valence-corrected chi connectivity index (χ3v) is 5.35. The van der Waals surface area contributed by atoms with Gasteiger partial charge in [-0.25, -0.2) is 4.79 Å². The van der Waals surface area contributed by atoms with Crippen molar-refractivity contribution in [1.82, 2.24) is 4.90 Å². The van der Waals surface area contributed by atoms with Gasteiger partial charge in [0.1, 0.15) is 5.60 Å². The molecule has 2 saturated heterocycles. The molecule has 2 atom stereocenters. The van der Waals surface area contributed by atoms with E-state index in [-0.39, 0.29) is 18.0 Å². The van der Waals surface area contributed by atoms with Crippen molar-refractivity contribution in [3.63, 3.8) is 0 Å². The van der Waals surface area contributed by atoms with Crippen LogP contribution in [0.1, 0.15) is 47.0 Å². The standard InChI is InChI=1S/C19H35N2O4/c1-6-24-17(22)12-15-8-9-20(18(23)25-19(2,3)4)13-16(15)14-21(5)10-7-11-21/h15-16H,6-14H2,1-5H3/q+1. The predicted octanol–water partition coefficient (Wildman–Crippen LogP) is 2.66. The summed E-state index contributed by atoms with van der Waals surface area (Å²) in [5.41, 5.74) is -0.482. The maximum absolute atomic E-state index is 12.4. The quantitative estimate of drug-likeness (QED) is 0.562. The molecular formula is C19H35N2O4+. The van der Waals surface area contributed by atoms with Gasteiger partial charge in [-0.3, -0.25) is 4.79 Å². The first-order valence-corrected chi connectivity index (χ1v) is 9.59. The minimum atomic E-state index is -0.482. The first kappa shape index (κ1) is 20.0. The average molecular weight is 355 g/mol. The molecule has 25 heavy (non-hydrogen) atoms. The second kappa shape index (κ2) is 7.94. The van der Waals surface area contributed by atoms with Gasteiger partial charge in [0.25, 0.3) is 0 Å². The van der Waals surface area contributed by atoms with Gasteiger partial charge in [0.15, 0.2) is 0 Å². The van der Waals surface area contributed by atoms with Crippen molar-refractivity contribution in [2.24, 2.45) is 11.8 Å². The Balaban J connectivity index is 2.01. The molecule has 0 N–H and O–H groups in total. The number of rotatable bonds is 5. The zero-order valence-electron chi connectivity index (χ0n) is 16.5. The Morgan fingerprint density at radius 2 is 1.88 bits per heavy atom. The van der Waals surface area contributed by atoms with E-state index in [0.717, 1.165) is 17.4 Å². The fraction of sp³-hybridized carbons (Fsp3) is 0.895. The summed E-state index contributed by atoms with van der Waals surface area (Å²) in [4.78, 5) is 26.2. The largest absolute Gasteiger partial charge is 0.466 e. The Bertz CT molecular complexity index is 482. The number of carbonyl (C=O) groups excluding carboxylic acids is 2. The highest BCUT2D eigenvalue weighted by molar-refractivity contribution is 5.70. The molecule has 0 aromatic rings. The molecule has 144 valence electrons. The number of hydrogen-bond donors (Lipinski definition) is 0. The Hall–Kier alpha value is -1.30. The lowest BCUT2D eigenvalue weighted by atomic mass is 9.82. The van der Waals surface area contributed by atoms with Crippen molar-refractivity contribution in [3.05, 3.63) is 0 Å². The highest BCUT2D eigenvalue weighted by atomic mass is 16.6. The average Bonchev–Trinajstić information content (AvgIpc) is 2.45. The fourth-order valence-electron chi connectivity index (χ4n) is 3.93. The van der Waals surface area contributed by atoms with E-state index in [0.29, 0.717) is 32.0 Å². The van der Waals surface area contributed by atoms with Crippen LogP contribution in [0.5, 0.6) is 0 Å². The summed E-state index contributed by atoms with van der Waals surface area (Å²) >= 11 is 0. The van der Waals surface area contributed by atoms with E-state index >= 15 is 0 Å². The molecule has 1 amide bonds. The Kier molecular flexibility index (Phi) is 6.35. The summed E-state index contributed by atoms with van der Waals surface area (Å²) in [6.07, 6.45) is 2.32. The Morgan fingerprint density at radius 3 is 2.40 bits per heavy atom. The van der Waals surface area contributed by atoms with Gasteiger partial charge in [-0.05, 0) is 40.0 Å². The van der Waals surface area contributed by atoms with E-state index in [9.17, 15) is 9.59 Å². The molecule has 0 aliphatic carbocycles. The van der Waals surface area contributed by atoms with Gasteiger partial charge in [0.05, 0.1) is 33.3 Å². The van der Waals surface area contributed by atoms with Crippen LogP contribution >= 0.6 is 0 Å². The lowest BCUT2D eigenvalue weighted by molar-refractivity contribution is -0.949. The molecule has 0 spiro atoms. The summed E-state index contributed by atoms with van der Waals surface area (Å²) in [6, 6.07) is 0. The molecule has 2 aliphatic heterocycles. The number of ether oxygens (including phenoxy) is 2. The van der Waals surface area contributed by atoms with Gasteiger partial charge in [-0.2, -0.15) is 0 Å². The summed E-state index contributed by atoms with van der Waals surface area (Å²) in [5.74, 6) is 0.485. The van der Waals surface area contributed by atoms with E-state index in [2.05, 4.69) is 7.05 Å². The number of nitrogens with zero attached hydrogens (tertiary/aromatic N) is 2. The zero-order chi connectivity index (χ0) is 18.7. The first-order chi connectivity index (χ1) is 11.6. The normalized spacial score (nSPS) is 25.9. The van der Waals surface area contributed by atoms with E-state index in [1.807, 2.05) is 32.6 Å². The van der Waals surface area contributed by atoms with Crippen molar-refractivity contribution in [1.29, 1.82) is 0 Å². The molecule has 0 aromatic heterocycles. The first-order valence-electron chi connectivity index (χ1n) is 9.59. The van der Waals surface area contributed by atoms with Crippen LogP contribution in [0, 0.1) is 11.8 Å². The van der Waals surface area contributed by atoms with Gasteiger partial charge >= 0.3 is 12.1 Å². The molecule has 2 aliphatic rings. The van der Waals surface area contributed by atoms with Crippen LogP contribution in [0.15, 0.2) is 0 Å². The molecule has 0 radical (unpaired) electrons. The van der Waals surface area contributed by atoms with Crippen LogP contribution < -0.4 is 0 Å². The van der Waals surface area contributed by atoms with Crippen LogP contribution in [0.2, 0.25) is 0 Å². The van der Waals surface area contributed by atoms with Crippen molar-refractivity contribution >= 4 is 12.1 Å². The minimum absolute atomic E-state index is 0.116. The van der Waals surface area contributed by atoms with Crippen LogP contribution in [-0.2, 0) is 14.3 Å². The van der Waals surface area contributed by atoms with E-state index in [4.69, 9.17) is 9.47 Å². The Labute approximate surface area is 152 Å². The van der Waals surface area contributed by atoms with Crippen LogP contribution in [0.4, 0.5) is 4.79 Å². The summed E-state index contributed by atoms with van der Waals surface area (Å²) in [5, 5.41) is 0. The molecule has 2 rings (SSSR count). The van der Waals surface area contributed by atoms with Crippen LogP contribution in [0.3, 0.4) is 0 Å². The van der Waals surface area contributed by atoms with Crippen LogP contribution in [0.25, 0.3) is 0 Å². The fourth-order valence-corrected chi connectivity index (χ4v) is 3.93. The van der Waals surface area contributed by atoms with E-state index in [1.54, 1.807) is 0 Å². The lowest BCUT2D eigenvalue weighted by Gasteiger charge is -2.47. The van der Waals surface area contributed by atoms with Gasteiger partial charge in [0, 0.05) is 31.8 Å².